The van der Waals surface area contributed by atoms with Gasteiger partial charge in [0.1, 0.15) is 11.8 Å². The van der Waals surface area contributed by atoms with Gasteiger partial charge in [0.15, 0.2) is 0 Å². The number of piperazine rings is 1. The molecule has 2 fully saturated rings. The second-order valence-electron chi connectivity index (χ2n) is 14.3. The van der Waals surface area contributed by atoms with Gasteiger partial charge in [-0.3, -0.25) is 19.3 Å². The summed E-state index contributed by atoms with van der Waals surface area (Å²) in [4.78, 5) is 44.4. The highest BCUT2D eigenvalue weighted by molar-refractivity contribution is 6.00. The predicted molar refractivity (Wildman–Crippen MR) is 159 cm³/mol. The maximum Gasteiger partial charge on any atom is 0.258 e. The molecule has 2 saturated heterocycles. The van der Waals surface area contributed by atoms with Crippen LogP contribution in [-0.2, 0) is 14.3 Å². The van der Waals surface area contributed by atoms with Crippen molar-refractivity contribution in [1.29, 1.82) is 0 Å². The smallest absolute Gasteiger partial charge is 0.258 e. The Kier molecular flexibility index (Phi) is 10.0. The molecule has 3 heterocycles. The number of fused-ring (bicyclic) bond motifs is 4. The Morgan fingerprint density at radius 1 is 1.02 bits per heavy atom. The van der Waals surface area contributed by atoms with E-state index in [0.717, 1.165) is 25.8 Å². The van der Waals surface area contributed by atoms with E-state index in [-0.39, 0.29) is 53.3 Å². The lowest BCUT2D eigenvalue weighted by molar-refractivity contribution is -0.131. The summed E-state index contributed by atoms with van der Waals surface area (Å²) in [5.41, 5.74) is 0.536. The van der Waals surface area contributed by atoms with Crippen LogP contribution < -0.4 is 15.4 Å². The predicted octanol–water partition coefficient (Wildman–Crippen LogP) is 3.62. The quantitative estimate of drug-likeness (QED) is 0.574. The van der Waals surface area contributed by atoms with E-state index in [1.807, 2.05) is 39.0 Å². The molecule has 9 nitrogen and oxygen atoms in total. The van der Waals surface area contributed by atoms with Crippen molar-refractivity contribution in [3.63, 3.8) is 0 Å². The molecule has 0 radical (unpaired) electrons. The number of amides is 3. The van der Waals surface area contributed by atoms with Crippen molar-refractivity contribution in [2.24, 2.45) is 10.8 Å². The van der Waals surface area contributed by atoms with Crippen LogP contribution in [0.15, 0.2) is 24.3 Å². The summed E-state index contributed by atoms with van der Waals surface area (Å²) in [7, 11) is 0. The summed E-state index contributed by atoms with van der Waals surface area (Å²) in [6, 6.07) is 6.47. The fourth-order valence-corrected chi connectivity index (χ4v) is 5.82. The first-order valence-corrected chi connectivity index (χ1v) is 15.3. The van der Waals surface area contributed by atoms with Crippen LogP contribution in [0.2, 0.25) is 0 Å². The largest absolute Gasteiger partial charge is 0.493 e. The number of hydrogen-bond acceptors (Lipinski definition) is 6. The van der Waals surface area contributed by atoms with Gasteiger partial charge >= 0.3 is 0 Å². The third-order valence-corrected chi connectivity index (χ3v) is 8.15. The van der Waals surface area contributed by atoms with Crippen molar-refractivity contribution < 1.29 is 23.9 Å². The number of rotatable bonds is 4. The zero-order valence-electron chi connectivity index (χ0n) is 25.8. The van der Waals surface area contributed by atoms with E-state index in [1.54, 1.807) is 11.0 Å². The monoisotopic (exact) mass is 570 g/mol. The lowest BCUT2D eigenvalue weighted by Gasteiger charge is -2.42. The van der Waals surface area contributed by atoms with E-state index in [1.165, 1.54) is 0 Å². The summed E-state index contributed by atoms with van der Waals surface area (Å²) in [5.74, 6) is 0.147. The third-order valence-electron chi connectivity index (χ3n) is 8.15. The Morgan fingerprint density at radius 3 is 2.51 bits per heavy atom. The number of hydrogen-bond donors (Lipinski definition) is 2. The highest BCUT2D eigenvalue weighted by atomic mass is 16.5. The summed E-state index contributed by atoms with van der Waals surface area (Å²) < 4.78 is 12.6. The Balaban J connectivity index is 1.56. The van der Waals surface area contributed by atoms with Crippen LogP contribution in [-0.4, -0.2) is 91.1 Å². The van der Waals surface area contributed by atoms with Crippen molar-refractivity contribution in [3.8, 4) is 5.75 Å². The Hall–Kier alpha value is -2.65. The highest BCUT2D eigenvalue weighted by Gasteiger charge is 2.39. The average Bonchev–Trinajstić information content (AvgIpc) is 2.89. The van der Waals surface area contributed by atoms with Crippen molar-refractivity contribution in [2.45, 2.75) is 97.9 Å². The third kappa shape index (κ3) is 8.92. The van der Waals surface area contributed by atoms with E-state index < -0.39 is 6.04 Å². The number of nitrogens with zero attached hydrogens (tertiary/aromatic N) is 2. The van der Waals surface area contributed by atoms with Gasteiger partial charge < -0.3 is 25.0 Å². The zero-order valence-corrected chi connectivity index (χ0v) is 25.8. The minimum Gasteiger partial charge on any atom is -0.493 e. The molecule has 4 rings (SSSR count). The van der Waals surface area contributed by atoms with Crippen LogP contribution in [0.3, 0.4) is 0 Å². The molecule has 0 aliphatic carbocycles. The van der Waals surface area contributed by atoms with E-state index >= 15 is 0 Å². The molecule has 1 aromatic rings. The van der Waals surface area contributed by atoms with Gasteiger partial charge in [-0.1, -0.05) is 53.7 Å². The van der Waals surface area contributed by atoms with Gasteiger partial charge in [0, 0.05) is 39.0 Å². The molecule has 2 N–H and O–H groups in total. The molecule has 3 aliphatic rings. The van der Waals surface area contributed by atoms with E-state index in [4.69, 9.17) is 9.47 Å². The topological polar surface area (TPSA) is 100 Å². The van der Waals surface area contributed by atoms with E-state index in [2.05, 4.69) is 36.3 Å². The standard InChI is InChI=1S/C32H50N4O5/c1-31(2,3)14-15-35-16-17-36-25(21-35)29(38)33-20-27-24(34-28(37)19-32(4,5)6)12-11-22(41-27)13-18-40-26-10-8-7-9-23(26)30(36)39/h7-10,22,24-25,27H,11-21H2,1-6H3,(H,33,38)(H,34,37)/t22-,24+,25-,27+/m0/s1. The number of ether oxygens (including phenoxy) is 2. The molecule has 3 aliphatic heterocycles. The Bertz CT molecular complexity index is 1080. The van der Waals surface area contributed by atoms with Crippen LogP contribution in [0.25, 0.3) is 0 Å². The van der Waals surface area contributed by atoms with Gasteiger partial charge in [-0.05, 0) is 48.8 Å². The lowest BCUT2D eigenvalue weighted by atomic mass is 9.91. The fraction of sp³-hybridized carbons (Fsp3) is 0.719. The van der Waals surface area contributed by atoms with Gasteiger partial charge in [0.2, 0.25) is 11.8 Å². The number of benzene rings is 1. The molecule has 2 bridgehead atoms. The molecule has 4 atom stereocenters. The normalized spacial score (nSPS) is 26.6. The van der Waals surface area contributed by atoms with Crippen molar-refractivity contribution >= 4 is 17.7 Å². The lowest BCUT2D eigenvalue weighted by Crippen LogP contribution is -2.62. The molecule has 228 valence electrons. The Morgan fingerprint density at radius 2 is 1.78 bits per heavy atom. The second-order valence-corrected chi connectivity index (χ2v) is 14.3. The summed E-state index contributed by atoms with van der Waals surface area (Å²) in [6.07, 6.45) is 3.21. The van der Waals surface area contributed by atoms with E-state index in [9.17, 15) is 14.4 Å². The molecule has 0 aromatic heterocycles. The van der Waals surface area contributed by atoms with Crippen LogP contribution >= 0.6 is 0 Å². The molecule has 9 heteroatoms. The van der Waals surface area contributed by atoms with Gasteiger partial charge in [0.05, 0.1) is 30.4 Å². The minimum absolute atomic E-state index is 0.00577. The molecular weight excluding hydrogens is 520 g/mol. The van der Waals surface area contributed by atoms with Gasteiger partial charge in [-0.15, -0.1) is 0 Å². The molecule has 0 spiro atoms. The molecule has 0 saturated carbocycles. The van der Waals surface area contributed by atoms with Gasteiger partial charge in [0.25, 0.3) is 5.91 Å². The molecule has 41 heavy (non-hydrogen) atoms. The number of carbonyl (C=O) groups excluding carboxylic acids is 3. The van der Waals surface area contributed by atoms with E-state index in [0.29, 0.717) is 50.4 Å². The second kappa shape index (κ2) is 13.1. The highest BCUT2D eigenvalue weighted by Crippen LogP contribution is 2.27. The number of para-hydroxylation sites is 1. The minimum atomic E-state index is -0.638. The maximum atomic E-state index is 13.9. The van der Waals surface area contributed by atoms with Crippen molar-refractivity contribution in [3.05, 3.63) is 29.8 Å². The summed E-state index contributed by atoms with van der Waals surface area (Å²) in [6.45, 7) is 16.0. The molecule has 1 aromatic carbocycles. The average molecular weight is 571 g/mol. The van der Waals surface area contributed by atoms with Crippen LogP contribution in [0, 0.1) is 10.8 Å². The Labute approximate surface area is 245 Å². The van der Waals surface area contributed by atoms with Gasteiger partial charge in [-0.25, -0.2) is 0 Å². The van der Waals surface area contributed by atoms with Crippen molar-refractivity contribution in [2.75, 3.05) is 39.3 Å². The maximum absolute atomic E-state index is 13.9. The number of nitrogens with one attached hydrogen (secondary N) is 2. The number of carbonyl (C=O) groups is 3. The first-order chi connectivity index (χ1) is 19.3. The summed E-state index contributed by atoms with van der Waals surface area (Å²) in [5, 5.41) is 6.29. The first kappa shape index (κ1) is 31.3. The molecule has 0 unspecified atom stereocenters. The van der Waals surface area contributed by atoms with Crippen LogP contribution in [0.4, 0.5) is 0 Å². The van der Waals surface area contributed by atoms with Crippen LogP contribution in [0.5, 0.6) is 5.75 Å². The fourth-order valence-electron chi connectivity index (χ4n) is 5.82. The molecular formula is C32H50N4O5. The first-order valence-electron chi connectivity index (χ1n) is 15.3. The van der Waals surface area contributed by atoms with Crippen LogP contribution in [0.1, 0.15) is 84.0 Å². The van der Waals surface area contributed by atoms with Crippen molar-refractivity contribution in [1.82, 2.24) is 20.4 Å². The molecule has 3 amide bonds. The van der Waals surface area contributed by atoms with Gasteiger partial charge in [-0.2, -0.15) is 0 Å². The summed E-state index contributed by atoms with van der Waals surface area (Å²) >= 11 is 0. The zero-order chi connectivity index (χ0) is 29.8. The SMILES string of the molecule is CC(C)(C)CCN1CCN2C(=O)c3ccccc3OCC[C@@H]3CC[C@@H](NC(=O)CC(C)(C)C)[C@@H](CNC(=O)[C@@H]2C1)O3.